The molecule has 1 aromatic carbocycles. The minimum atomic E-state index is -3.71. The van der Waals surface area contributed by atoms with Gasteiger partial charge in [-0.05, 0) is 23.6 Å². The summed E-state index contributed by atoms with van der Waals surface area (Å²) in [5, 5.41) is 4.38. The lowest BCUT2D eigenvalue weighted by atomic mass is 10.2. The van der Waals surface area contributed by atoms with Crippen molar-refractivity contribution in [1.29, 1.82) is 0 Å². The zero-order valence-corrected chi connectivity index (χ0v) is 19.2. The van der Waals surface area contributed by atoms with Crippen LogP contribution in [0.25, 0.3) is 0 Å². The SMILES string of the molecule is COCCOc1cc(NC(=O)c2sccc2S(=O)(=O)N2CCSCC2)ccc1OC. The van der Waals surface area contributed by atoms with Crippen LogP contribution in [0.2, 0.25) is 0 Å². The zero-order chi connectivity index (χ0) is 21.6. The lowest BCUT2D eigenvalue weighted by molar-refractivity contribution is 0.102. The number of hydrogen-bond donors (Lipinski definition) is 1. The van der Waals surface area contributed by atoms with Crippen LogP contribution in [0, 0.1) is 0 Å². The number of anilines is 1. The van der Waals surface area contributed by atoms with Gasteiger partial charge in [0.25, 0.3) is 5.91 Å². The van der Waals surface area contributed by atoms with Gasteiger partial charge in [0.1, 0.15) is 16.4 Å². The van der Waals surface area contributed by atoms with E-state index >= 15 is 0 Å². The van der Waals surface area contributed by atoms with Gasteiger partial charge in [0.15, 0.2) is 11.5 Å². The van der Waals surface area contributed by atoms with Crippen molar-refractivity contribution in [1.82, 2.24) is 4.31 Å². The van der Waals surface area contributed by atoms with E-state index in [0.29, 0.717) is 43.5 Å². The van der Waals surface area contributed by atoms with Crippen molar-refractivity contribution in [2.75, 3.05) is 57.3 Å². The molecule has 1 fully saturated rings. The summed E-state index contributed by atoms with van der Waals surface area (Å²) in [6.45, 7) is 1.63. The first kappa shape index (κ1) is 22.9. The number of thiophene rings is 1. The second-order valence-corrected chi connectivity index (χ2v) is 10.3. The normalized spacial score (nSPS) is 15.0. The Balaban J connectivity index is 1.79. The number of benzene rings is 1. The molecule has 30 heavy (non-hydrogen) atoms. The maximum absolute atomic E-state index is 13.0. The van der Waals surface area contributed by atoms with Crippen LogP contribution < -0.4 is 14.8 Å². The Hall–Kier alpha value is -1.79. The Morgan fingerprint density at radius 3 is 2.60 bits per heavy atom. The summed E-state index contributed by atoms with van der Waals surface area (Å²) in [5.41, 5.74) is 0.472. The minimum Gasteiger partial charge on any atom is -0.493 e. The van der Waals surface area contributed by atoms with Crippen LogP contribution in [0.3, 0.4) is 0 Å². The first-order valence-electron chi connectivity index (χ1n) is 9.24. The highest BCUT2D eigenvalue weighted by molar-refractivity contribution is 7.99. The first-order valence-corrected chi connectivity index (χ1v) is 12.7. The maximum atomic E-state index is 13.0. The van der Waals surface area contributed by atoms with Gasteiger partial charge in [-0.3, -0.25) is 4.79 Å². The summed E-state index contributed by atoms with van der Waals surface area (Å²) >= 11 is 2.82. The van der Waals surface area contributed by atoms with E-state index in [9.17, 15) is 13.2 Å². The molecule has 11 heteroatoms. The Kier molecular flexibility index (Phi) is 8.00. The van der Waals surface area contributed by atoms with E-state index in [0.717, 1.165) is 22.8 Å². The van der Waals surface area contributed by atoms with E-state index < -0.39 is 15.9 Å². The van der Waals surface area contributed by atoms with E-state index in [1.54, 1.807) is 42.5 Å². The van der Waals surface area contributed by atoms with Gasteiger partial charge < -0.3 is 19.5 Å². The molecule has 1 saturated heterocycles. The molecule has 2 aromatic rings. The molecule has 2 heterocycles. The minimum absolute atomic E-state index is 0.0435. The molecular weight excluding hydrogens is 448 g/mol. The summed E-state index contributed by atoms with van der Waals surface area (Å²) in [6, 6.07) is 6.47. The fourth-order valence-electron chi connectivity index (χ4n) is 2.88. The van der Waals surface area contributed by atoms with Gasteiger partial charge in [0.2, 0.25) is 10.0 Å². The van der Waals surface area contributed by atoms with E-state index in [2.05, 4.69) is 5.32 Å². The van der Waals surface area contributed by atoms with Crippen molar-refractivity contribution in [3.05, 3.63) is 34.5 Å². The number of sulfonamides is 1. The van der Waals surface area contributed by atoms with Crippen molar-refractivity contribution in [2.24, 2.45) is 0 Å². The molecule has 0 aliphatic carbocycles. The summed E-state index contributed by atoms with van der Waals surface area (Å²) < 4.78 is 43.3. The standard InChI is InChI=1S/C19H24N2O6S3/c1-25-8-9-27-16-13-14(3-4-15(16)26-2)20-19(22)18-17(5-10-29-18)30(23,24)21-6-11-28-12-7-21/h3-5,10,13H,6-9,11-12H2,1-2H3,(H,20,22). The fraction of sp³-hybridized carbons (Fsp3) is 0.421. The summed E-state index contributed by atoms with van der Waals surface area (Å²) in [5.74, 6) is 2.00. The average Bonchev–Trinajstić information content (AvgIpc) is 3.26. The number of nitrogens with zero attached hydrogens (tertiary/aromatic N) is 1. The molecule has 3 rings (SSSR count). The van der Waals surface area contributed by atoms with Crippen molar-refractivity contribution in [2.45, 2.75) is 4.90 Å². The van der Waals surface area contributed by atoms with Gasteiger partial charge in [0, 0.05) is 43.5 Å². The number of rotatable bonds is 9. The van der Waals surface area contributed by atoms with Crippen molar-refractivity contribution in [3.8, 4) is 11.5 Å². The van der Waals surface area contributed by atoms with Crippen molar-refractivity contribution < 1.29 is 27.4 Å². The maximum Gasteiger partial charge on any atom is 0.267 e. The Morgan fingerprint density at radius 1 is 1.13 bits per heavy atom. The van der Waals surface area contributed by atoms with Crippen LogP contribution >= 0.6 is 23.1 Å². The van der Waals surface area contributed by atoms with Gasteiger partial charge in [-0.2, -0.15) is 16.1 Å². The molecule has 0 unspecified atom stereocenters. The van der Waals surface area contributed by atoms with E-state index in [1.807, 2.05) is 0 Å². The second-order valence-electron chi connectivity index (χ2n) is 6.29. The van der Waals surface area contributed by atoms with Crippen molar-refractivity contribution in [3.63, 3.8) is 0 Å². The quantitative estimate of drug-likeness (QED) is 0.561. The number of carbonyl (C=O) groups is 1. The lowest BCUT2D eigenvalue weighted by Gasteiger charge is -2.25. The summed E-state index contributed by atoms with van der Waals surface area (Å²) in [6.07, 6.45) is 0. The number of nitrogens with one attached hydrogen (secondary N) is 1. The Labute approximate surface area is 184 Å². The predicted octanol–water partition coefficient (Wildman–Crippen LogP) is 2.77. The molecule has 0 radical (unpaired) electrons. The van der Waals surface area contributed by atoms with Crippen LogP contribution in [0.15, 0.2) is 34.5 Å². The van der Waals surface area contributed by atoms with Gasteiger partial charge in [0.05, 0.1) is 13.7 Å². The van der Waals surface area contributed by atoms with Gasteiger partial charge >= 0.3 is 0 Å². The zero-order valence-electron chi connectivity index (χ0n) is 16.8. The highest BCUT2D eigenvalue weighted by Gasteiger charge is 2.31. The third-order valence-electron chi connectivity index (χ3n) is 4.39. The highest BCUT2D eigenvalue weighted by Crippen LogP contribution is 2.32. The molecule has 0 spiro atoms. The summed E-state index contributed by atoms with van der Waals surface area (Å²) in [7, 11) is -0.607. The predicted molar refractivity (Wildman–Crippen MR) is 119 cm³/mol. The molecular formula is C19H24N2O6S3. The number of hydrogen-bond acceptors (Lipinski definition) is 8. The van der Waals surface area contributed by atoms with Crippen LogP contribution in [-0.2, 0) is 14.8 Å². The molecule has 164 valence electrons. The highest BCUT2D eigenvalue weighted by atomic mass is 32.2. The van der Waals surface area contributed by atoms with E-state index in [4.69, 9.17) is 14.2 Å². The van der Waals surface area contributed by atoms with E-state index in [1.165, 1.54) is 17.5 Å². The monoisotopic (exact) mass is 472 g/mol. The molecule has 1 aliphatic rings. The second kappa shape index (κ2) is 10.5. The number of amides is 1. The molecule has 1 aliphatic heterocycles. The molecule has 1 amide bonds. The van der Waals surface area contributed by atoms with Gasteiger partial charge in [-0.1, -0.05) is 0 Å². The Bertz CT molecular complexity index is 970. The lowest BCUT2D eigenvalue weighted by Crippen LogP contribution is -2.38. The van der Waals surface area contributed by atoms with Crippen LogP contribution in [0.5, 0.6) is 11.5 Å². The topological polar surface area (TPSA) is 94.2 Å². The molecule has 0 saturated carbocycles. The Morgan fingerprint density at radius 2 is 1.90 bits per heavy atom. The van der Waals surface area contributed by atoms with E-state index in [-0.39, 0.29) is 9.77 Å². The van der Waals surface area contributed by atoms with Gasteiger partial charge in [-0.25, -0.2) is 8.42 Å². The molecule has 1 N–H and O–H groups in total. The van der Waals surface area contributed by atoms with Crippen LogP contribution in [0.1, 0.15) is 9.67 Å². The van der Waals surface area contributed by atoms with Gasteiger partial charge in [-0.15, -0.1) is 11.3 Å². The largest absolute Gasteiger partial charge is 0.493 e. The average molecular weight is 473 g/mol. The first-order chi connectivity index (χ1) is 14.5. The van der Waals surface area contributed by atoms with Crippen LogP contribution in [-0.4, -0.2) is 70.7 Å². The third kappa shape index (κ3) is 5.27. The molecule has 1 aromatic heterocycles. The molecule has 0 atom stereocenters. The smallest absolute Gasteiger partial charge is 0.267 e. The molecule has 0 bridgehead atoms. The molecule has 8 nitrogen and oxygen atoms in total. The van der Waals surface area contributed by atoms with Crippen molar-refractivity contribution >= 4 is 44.7 Å². The fourth-order valence-corrected chi connectivity index (χ4v) is 6.75. The van der Waals surface area contributed by atoms with Crippen LogP contribution in [0.4, 0.5) is 5.69 Å². The number of ether oxygens (including phenoxy) is 3. The number of carbonyl (C=O) groups excluding carboxylic acids is 1. The number of methoxy groups -OCH3 is 2. The number of thioether (sulfide) groups is 1. The third-order valence-corrected chi connectivity index (χ3v) is 8.32. The summed E-state index contributed by atoms with van der Waals surface area (Å²) in [4.78, 5) is 13.1.